The van der Waals surface area contributed by atoms with Gasteiger partial charge in [-0.2, -0.15) is 10.5 Å². The SMILES string of the molecule is COC(=O)c1cc(CC#N)c2cc(Cc3ccc(F)cc3)cnc2c1O.COC(=O)c1cc(CC#N)c2cc(Cc3ccc(F)cc3)cnc2c1OC.COC(=O)c1cc(CI)c2cc(Cc3ccc(F)cc3)cnc2c1OC. The van der Waals surface area contributed by atoms with Crippen LogP contribution >= 0.6 is 22.6 Å². The van der Waals surface area contributed by atoms with Crippen LogP contribution in [0.5, 0.6) is 17.2 Å². The van der Waals surface area contributed by atoms with E-state index in [-0.39, 0.29) is 52.7 Å². The molecule has 0 fully saturated rings. The van der Waals surface area contributed by atoms with E-state index < -0.39 is 17.9 Å². The Morgan fingerprint density at radius 3 is 1.14 bits per heavy atom. The van der Waals surface area contributed by atoms with Crippen LogP contribution in [-0.2, 0) is 50.7 Å². The number of alkyl halides is 1. The summed E-state index contributed by atoms with van der Waals surface area (Å²) >= 11 is 2.25. The van der Waals surface area contributed by atoms with Crippen molar-refractivity contribution in [2.45, 2.75) is 36.5 Å². The molecule has 0 saturated carbocycles. The number of esters is 3. The van der Waals surface area contributed by atoms with Crippen LogP contribution in [0.3, 0.4) is 0 Å². The van der Waals surface area contributed by atoms with Gasteiger partial charge >= 0.3 is 17.9 Å². The number of phenols is 1. The third-order valence-electron chi connectivity index (χ3n) is 12.5. The second-order valence-electron chi connectivity index (χ2n) is 17.6. The Hall–Kier alpha value is -9.14. The van der Waals surface area contributed by atoms with Crippen molar-refractivity contribution in [3.63, 3.8) is 0 Å². The molecule has 0 amide bonds. The summed E-state index contributed by atoms with van der Waals surface area (Å²) in [7, 11) is 6.82. The average molecular weight is 1180 g/mol. The van der Waals surface area contributed by atoms with Crippen molar-refractivity contribution in [3.05, 3.63) is 212 Å². The minimum atomic E-state index is -0.694. The molecule has 9 aromatic rings. The number of carbonyl (C=O) groups excluding carboxylic acids is 3. The van der Waals surface area contributed by atoms with Crippen molar-refractivity contribution in [2.75, 3.05) is 35.5 Å². The zero-order chi connectivity index (χ0) is 56.8. The van der Waals surface area contributed by atoms with Gasteiger partial charge in [0.25, 0.3) is 0 Å². The first kappa shape index (κ1) is 57.6. The van der Waals surface area contributed by atoms with Crippen LogP contribution in [0.1, 0.15) is 81.1 Å². The van der Waals surface area contributed by atoms with Crippen LogP contribution in [0, 0.1) is 40.1 Å². The Bertz CT molecular complexity index is 3810. The Balaban J connectivity index is 0.000000172. The maximum atomic E-state index is 13.1. The summed E-state index contributed by atoms with van der Waals surface area (Å²) in [6.45, 7) is 0. The monoisotopic (exact) mass is 1180 g/mol. The molecular weight excluding hydrogens is 1130 g/mol. The molecule has 0 bridgehead atoms. The summed E-state index contributed by atoms with van der Waals surface area (Å²) in [5, 5.41) is 30.9. The standard InChI is InChI=1S/C21H17FN2O3.C20H17FINO3.C20H15FN2O3/c1-26-20-18(21(25)27-2)11-15(7-8-23)17-10-14(12-24-19(17)20)9-13-3-5-16(22)6-4-13;1-25-19-17(20(24)26-2)9-14(10-22)16-8-13(11-23-18(16)19)7-12-3-5-15(21)6-4-12;1-26-20(25)17-10-14(6-7-22)16-9-13(11-23-18(16)19(17)24)8-12-2-4-15(21)5-3-12/h3-6,10-12H,7,9H2,1-2H3;3-6,8-9,11H,7,10H2,1-2H3;2-5,9-11,24H,6,8H2,1H3. The number of rotatable bonds is 14. The van der Waals surface area contributed by atoms with Crippen molar-refractivity contribution >= 4 is 73.2 Å². The highest BCUT2D eigenvalue weighted by Crippen LogP contribution is 2.36. The summed E-state index contributed by atoms with van der Waals surface area (Å²) in [5.41, 5.74) is 9.77. The van der Waals surface area contributed by atoms with Crippen LogP contribution in [0.4, 0.5) is 13.2 Å². The van der Waals surface area contributed by atoms with E-state index in [9.17, 15) is 32.7 Å². The van der Waals surface area contributed by atoms with Crippen molar-refractivity contribution in [2.24, 2.45) is 0 Å². The molecule has 0 radical (unpaired) electrons. The van der Waals surface area contributed by atoms with Crippen LogP contribution in [0.15, 0.2) is 128 Å². The van der Waals surface area contributed by atoms with E-state index in [1.165, 1.54) is 78.0 Å². The number of phenolic OH excluding ortho intramolecular Hbond substituents is 1. The molecule has 0 aliphatic rings. The molecule has 0 aliphatic carbocycles. The number of methoxy groups -OCH3 is 5. The first-order chi connectivity index (χ1) is 38.2. The molecule has 0 atom stereocenters. The molecule has 9 rings (SSSR count). The smallest absolute Gasteiger partial charge is 0.341 e. The zero-order valence-corrected chi connectivity index (χ0v) is 45.5. The summed E-state index contributed by atoms with van der Waals surface area (Å²) < 4.78 is 65.1. The molecule has 0 spiro atoms. The van der Waals surface area contributed by atoms with Gasteiger partial charge in [0.1, 0.15) is 50.7 Å². The lowest BCUT2D eigenvalue weighted by Gasteiger charge is -2.14. The number of nitrogens with zero attached hydrogens (tertiary/aromatic N) is 5. The second kappa shape index (κ2) is 26.8. The summed E-state index contributed by atoms with van der Waals surface area (Å²) in [6, 6.07) is 33.6. The molecule has 400 valence electrons. The van der Waals surface area contributed by atoms with E-state index >= 15 is 0 Å². The molecule has 18 heteroatoms. The molecule has 79 heavy (non-hydrogen) atoms. The van der Waals surface area contributed by atoms with E-state index in [4.69, 9.17) is 29.5 Å². The number of aromatic hydroxyl groups is 1. The maximum absolute atomic E-state index is 13.1. The van der Waals surface area contributed by atoms with E-state index in [0.717, 1.165) is 49.7 Å². The van der Waals surface area contributed by atoms with Gasteiger partial charge in [0.2, 0.25) is 0 Å². The number of aromatic nitrogens is 3. The maximum Gasteiger partial charge on any atom is 0.341 e. The molecule has 0 unspecified atom stereocenters. The Kier molecular flexibility index (Phi) is 19.5. The number of ether oxygens (including phenoxy) is 5. The summed E-state index contributed by atoms with van der Waals surface area (Å²) in [6.07, 6.45) is 6.94. The van der Waals surface area contributed by atoms with Gasteiger partial charge in [-0.1, -0.05) is 59.0 Å². The minimum Gasteiger partial charge on any atom is -0.505 e. The van der Waals surface area contributed by atoms with Gasteiger partial charge in [0.15, 0.2) is 17.2 Å². The number of carbonyl (C=O) groups is 3. The fourth-order valence-corrected chi connectivity index (χ4v) is 9.36. The van der Waals surface area contributed by atoms with Gasteiger partial charge in [0.05, 0.1) is 60.5 Å². The predicted octanol–water partition coefficient (Wildman–Crippen LogP) is 12.0. The quantitative estimate of drug-likeness (QED) is 0.0466. The van der Waals surface area contributed by atoms with Crippen LogP contribution in [0.2, 0.25) is 0 Å². The van der Waals surface area contributed by atoms with Crippen molar-refractivity contribution in [3.8, 4) is 29.4 Å². The second-order valence-corrected chi connectivity index (χ2v) is 18.3. The van der Waals surface area contributed by atoms with E-state index in [1.807, 2.05) is 18.2 Å². The Morgan fingerprint density at radius 1 is 0.481 bits per heavy atom. The molecule has 1 N–H and O–H groups in total. The van der Waals surface area contributed by atoms with Crippen LogP contribution in [0.25, 0.3) is 32.7 Å². The highest BCUT2D eigenvalue weighted by Gasteiger charge is 2.23. The fourth-order valence-electron chi connectivity index (χ4n) is 8.73. The molecule has 3 aromatic heterocycles. The van der Waals surface area contributed by atoms with Gasteiger partial charge in [-0.3, -0.25) is 15.0 Å². The topological polar surface area (TPSA) is 204 Å². The number of hydrogen-bond acceptors (Lipinski definition) is 14. The van der Waals surface area contributed by atoms with Crippen molar-refractivity contribution in [1.82, 2.24) is 15.0 Å². The highest BCUT2D eigenvalue weighted by atomic mass is 127. The molecular formula is C61H49F3IN5O9. The molecule has 0 aliphatic heterocycles. The number of fused-ring (bicyclic) bond motifs is 3. The lowest BCUT2D eigenvalue weighted by molar-refractivity contribution is 0.0588. The van der Waals surface area contributed by atoms with Crippen molar-refractivity contribution in [1.29, 1.82) is 10.5 Å². The largest absolute Gasteiger partial charge is 0.505 e. The van der Waals surface area contributed by atoms with Gasteiger partial charge < -0.3 is 28.8 Å². The lowest BCUT2D eigenvalue weighted by Crippen LogP contribution is -2.07. The first-order valence-corrected chi connectivity index (χ1v) is 25.6. The molecule has 3 heterocycles. The third-order valence-corrected chi connectivity index (χ3v) is 13.3. The number of pyridine rings is 3. The molecule has 14 nitrogen and oxygen atoms in total. The molecule has 0 saturated heterocycles. The third kappa shape index (κ3) is 13.7. The zero-order valence-electron chi connectivity index (χ0n) is 43.3. The van der Waals surface area contributed by atoms with Gasteiger partial charge in [-0.15, -0.1) is 0 Å². The minimum absolute atomic E-state index is 0.0240. The number of nitriles is 2. The number of benzene rings is 6. The predicted molar refractivity (Wildman–Crippen MR) is 298 cm³/mol. The summed E-state index contributed by atoms with van der Waals surface area (Å²) in [4.78, 5) is 49.3. The highest BCUT2D eigenvalue weighted by molar-refractivity contribution is 14.1. The van der Waals surface area contributed by atoms with E-state index in [1.54, 1.807) is 67.1 Å². The lowest BCUT2D eigenvalue weighted by atomic mass is 9.98. The van der Waals surface area contributed by atoms with E-state index in [2.05, 4.69) is 54.4 Å². The average Bonchev–Trinajstić information content (AvgIpc) is 3.50. The normalized spacial score (nSPS) is 10.6. The van der Waals surface area contributed by atoms with Crippen molar-refractivity contribution < 1.29 is 56.3 Å². The van der Waals surface area contributed by atoms with Gasteiger partial charge in [-0.25, -0.2) is 27.6 Å². The van der Waals surface area contributed by atoms with Gasteiger partial charge in [-0.05, 0) is 142 Å². The number of hydrogen-bond donors (Lipinski definition) is 1. The Morgan fingerprint density at radius 2 is 0.797 bits per heavy atom. The van der Waals surface area contributed by atoms with Gasteiger partial charge in [0, 0.05) is 39.2 Å². The molecule has 6 aromatic carbocycles. The number of halogens is 4. The van der Waals surface area contributed by atoms with Crippen LogP contribution < -0.4 is 9.47 Å². The first-order valence-electron chi connectivity index (χ1n) is 24.1. The Labute approximate surface area is 466 Å². The fraction of sp³-hybridized carbons (Fsp3) is 0.180. The summed E-state index contributed by atoms with van der Waals surface area (Å²) in [5.74, 6) is -2.09. The van der Waals surface area contributed by atoms with Crippen LogP contribution in [-0.4, -0.2) is 73.5 Å². The van der Waals surface area contributed by atoms with E-state index in [0.29, 0.717) is 68.3 Å².